The maximum Gasteiger partial charge on any atom is 0.234 e. The van der Waals surface area contributed by atoms with Crippen LogP contribution in [0.5, 0.6) is 11.5 Å². The van der Waals surface area contributed by atoms with E-state index in [0.717, 1.165) is 5.56 Å². The van der Waals surface area contributed by atoms with Crippen LogP contribution in [0.2, 0.25) is 0 Å². The Hall–Kier alpha value is -2.78. The van der Waals surface area contributed by atoms with Crippen LogP contribution in [0.15, 0.2) is 42.5 Å². The van der Waals surface area contributed by atoms with Gasteiger partial charge in [-0.1, -0.05) is 6.07 Å². The molecule has 0 saturated carbocycles. The number of carbonyl (C=O) groups is 2. The Bertz CT molecular complexity index is 863. The smallest absolute Gasteiger partial charge is 0.234 e. The molecule has 0 aliphatic rings. The third-order valence-electron chi connectivity index (χ3n) is 4.20. The molecule has 2 N–H and O–H groups in total. The fraction of sp³-hybridized carbons (Fsp3) is 0.364. The normalized spacial score (nSPS) is 11.5. The molecule has 2 rings (SSSR count). The van der Waals surface area contributed by atoms with Crippen molar-refractivity contribution < 1.29 is 28.2 Å². The highest BCUT2D eigenvalue weighted by molar-refractivity contribution is 8.00. The predicted molar refractivity (Wildman–Crippen MR) is 119 cm³/mol. The summed E-state index contributed by atoms with van der Waals surface area (Å²) in [6, 6.07) is 10.7. The van der Waals surface area contributed by atoms with Crippen molar-refractivity contribution in [1.82, 2.24) is 5.32 Å². The van der Waals surface area contributed by atoms with Crippen molar-refractivity contribution in [2.24, 2.45) is 0 Å². The third kappa shape index (κ3) is 8.47. The number of hydrogen-bond donors (Lipinski definition) is 2. The number of nitrogens with one attached hydrogen (secondary N) is 2. The molecule has 1 unspecified atom stereocenters. The first-order valence-electron chi connectivity index (χ1n) is 9.65. The molecular formula is C22H27FN2O5S. The maximum atomic E-state index is 12.9. The summed E-state index contributed by atoms with van der Waals surface area (Å²) in [6.07, 6.45) is 0. The average molecular weight is 451 g/mol. The summed E-state index contributed by atoms with van der Waals surface area (Å²) < 4.78 is 28.8. The molecule has 2 aromatic rings. The van der Waals surface area contributed by atoms with Gasteiger partial charge in [0.15, 0.2) is 11.5 Å². The van der Waals surface area contributed by atoms with Gasteiger partial charge >= 0.3 is 0 Å². The van der Waals surface area contributed by atoms with Gasteiger partial charge in [0.2, 0.25) is 11.8 Å². The van der Waals surface area contributed by atoms with E-state index in [9.17, 15) is 14.0 Å². The molecular weight excluding hydrogens is 423 g/mol. The van der Waals surface area contributed by atoms with E-state index < -0.39 is 0 Å². The van der Waals surface area contributed by atoms with Crippen LogP contribution in [0.3, 0.4) is 0 Å². The van der Waals surface area contributed by atoms with Crippen molar-refractivity contribution in [3.05, 3.63) is 53.8 Å². The van der Waals surface area contributed by atoms with Crippen LogP contribution < -0.4 is 20.1 Å². The molecule has 0 bridgehead atoms. The van der Waals surface area contributed by atoms with E-state index in [2.05, 4.69) is 10.6 Å². The fourth-order valence-electron chi connectivity index (χ4n) is 2.64. The molecule has 2 amide bonds. The lowest BCUT2D eigenvalue weighted by Crippen LogP contribution is -2.28. The molecule has 0 fully saturated rings. The minimum absolute atomic E-state index is 0.112. The molecule has 0 heterocycles. The van der Waals surface area contributed by atoms with Crippen molar-refractivity contribution in [2.75, 3.05) is 44.3 Å². The van der Waals surface area contributed by atoms with E-state index >= 15 is 0 Å². The van der Waals surface area contributed by atoms with Gasteiger partial charge in [-0.3, -0.25) is 9.59 Å². The molecule has 9 heteroatoms. The first kappa shape index (κ1) is 24.5. The molecule has 0 aliphatic heterocycles. The predicted octanol–water partition coefficient (Wildman–Crippen LogP) is 3.41. The molecule has 0 spiro atoms. The maximum absolute atomic E-state index is 12.9. The highest BCUT2D eigenvalue weighted by Gasteiger charge is 2.14. The van der Waals surface area contributed by atoms with Gasteiger partial charge in [0, 0.05) is 12.8 Å². The minimum Gasteiger partial charge on any atom is -0.493 e. The summed E-state index contributed by atoms with van der Waals surface area (Å²) in [5.74, 6) is 0.602. The number of hydrogen-bond acceptors (Lipinski definition) is 6. The van der Waals surface area contributed by atoms with Gasteiger partial charge in [-0.15, -0.1) is 11.8 Å². The zero-order valence-corrected chi connectivity index (χ0v) is 18.6. The molecule has 0 aromatic heterocycles. The highest BCUT2D eigenvalue weighted by atomic mass is 32.2. The lowest BCUT2D eigenvalue weighted by molar-refractivity contribution is -0.119. The number of halogens is 1. The average Bonchev–Trinajstić information content (AvgIpc) is 2.75. The second-order valence-electron chi connectivity index (χ2n) is 6.59. The number of rotatable bonds is 12. The standard InChI is InChI=1S/C22H27FN2O5S/c1-15(16-4-9-19(20(12-16)29-3)30-11-10-28-2)24-21(26)13-31-14-22(27)25-18-7-5-17(23)6-8-18/h4-9,12,15H,10-11,13-14H2,1-3H3,(H,24,26)(H,25,27). The van der Waals surface area contributed by atoms with Gasteiger partial charge in [0.1, 0.15) is 12.4 Å². The second kappa shape index (κ2) is 12.8. The molecule has 7 nitrogen and oxygen atoms in total. The summed E-state index contributed by atoms with van der Waals surface area (Å²) in [5.41, 5.74) is 1.37. The van der Waals surface area contributed by atoms with Gasteiger partial charge in [-0.25, -0.2) is 4.39 Å². The molecule has 1 atom stereocenters. The van der Waals surface area contributed by atoms with Gasteiger partial charge in [-0.05, 0) is 48.9 Å². The Balaban J connectivity index is 1.78. The van der Waals surface area contributed by atoms with Crippen molar-refractivity contribution in [3.8, 4) is 11.5 Å². The van der Waals surface area contributed by atoms with Crippen molar-refractivity contribution in [2.45, 2.75) is 13.0 Å². The van der Waals surface area contributed by atoms with E-state index in [1.165, 1.54) is 36.0 Å². The minimum atomic E-state index is -0.371. The molecule has 0 aliphatic carbocycles. The number of amides is 2. The van der Waals surface area contributed by atoms with Crippen LogP contribution in [-0.2, 0) is 14.3 Å². The van der Waals surface area contributed by atoms with Crippen LogP contribution in [-0.4, -0.2) is 50.8 Å². The van der Waals surface area contributed by atoms with E-state index in [-0.39, 0.29) is 35.2 Å². The summed E-state index contributed by atoms with van der Waals surface area (Å²) in [7, 11) is 3.16. The SMILES string of the molecule is COCCOc1ccc(C(C)NC(=O)CSCC(=O)Nc2ccc(F)cc2)cc1OC. The summed E-state index contributed by atoms with van der Waals surface area (Å²) >= 11 is 1.20. The first-order chi connectivity index (χ1) is 14.9. The van der Waals surface area contributed by atoms with Crippen molar-refractivity contribution in [3.63, 3.8) is 0 Å². The Kier molecular flexibility index (Phi) is 10.1. The molecule has 0 radical (unpaired) electrons. The lowest BCUT2D eigenvalue weighted by Gasteiger charge is -2.17. The Labute approximate surface area is 185 Å². The number of anilines is 1. The Morgan fingerprint density at radius 1 is 1.00 bits per heavy atom. The van der Waals surface area contributed by atoms with Crippen LogP contribution in [0, 0.1) is 5.82 Å². The molecule has 0 saturated heterocycles. The monoisotopic (exact) mass is 450 g/mol. The van der Waals surface area contributed by atoms with Crippen molar-refractivity contribution >= 4 is 29.3 Å². The van der Waals surface area contributed by atoms with Crippen LogP contribution in [0.4, 0.5) is 10.1 Å². The van der Waals surface area contributed by atoms with Crippen LogP contribution in [0.1, 0.15) is 18.5 Å². The van der Waals surface area contributed by atoms with Gasteiger partial charge < -0.3 is 24.8 Å². The quantitative estimate of drug-likeness (QED) is 0.482. The summed E-state index contributed by atoms with van der Waals surface area (Å²) in [5, 5.41) is 5.55. The largest absolute Gasteiger partial charge is 0.493 e. The van der Waals surface area contributed by atoms with Crippen molar-refractivity contribution in [1.29, 1.82) is 0 Å². The van der Waals surface area contributed by atoms with Gasteiger partial charge in [0.25, 0.3) is 0 Å². The number of methoxy groups -OCH3 is 2. The van der Waals surface area contributed by atoms with E-state index in [4.69, 9.17) is 14.2 Å². The molecule has 2 aromatic carbocycles. The Morgan fingerprint density at radius 2 is 1.71 bits per heavy atom. The topological polar surface area (TPSA) is 85.9 Å². The van der Waals surface area contributed by atoms with Gasteiger partial charge in [0.05, 0.1) is 31.3 Å². The van der Waals surface area contributed by atoms with Gasteiger partial charge in [-0.2, -0.15) is 0 Å². The fourth-order valence-corrected chi connectivity index (χ4v) is 3.27. The number of carbonyl (C=O) groups excluding carboxylic acids is 2. The zero-order chi connectivity index (χ0) is 22.6. The molecule has 168 valence electrons. The van der Waals surface area contributed by atoms with E-state index in [1.807, 2.05) is 19.1 Å². The highest BCUT2D eigenvalue weighted by Crippen LogP contribution is 2.30. The summed E-state index contributed by atoms with van der Waals surface area (Å²) in [6.45, 7) is 2.74. The second-order valence-corrected chi connectivity index (χ2v) is 7.57. The summed E-state index contributed by atoms with van der Waals surface area (Å²) in [4.78, 5) is 24.2. The number of thioether (sulfide) groups is 1. The first-order valence-corrected chi connectivity index (χ1v) is 10.8. The Morgan fingerprint density at radius 3 is 2.39 bits per heavy atom. The molecule has 31 heavy (non-hydrogen) atoms. The third-order valence-corrected chi connectivity index (χ3v) is 5.14. The number of ether oxygens (including phenoxy) is 3. The zero-order valence-electron chi connectivity index (χ0n) is 17.8. The van der Waals surface area contributed by atoms with Crippen LogP contribution >= 0.6 is 11.8 Å². The van der Waals surface area contributed by atoms with E-state index in [1.54, 1.807) is 20.3 Å². The number of benzene rings is 2. The van der Waals surface area contributed by atoms with Crippen LogP contribution in [0.25, 0.3) is 0 Å². The lowest BCUT2D eigenvalue weighted by atomic mass is 10.1. The van der Waals surface area contributed by atoms with E-state index in [0.29, 0.717) is 30.4 Å².